The number of methoxy groups -OCH3 is 1. The molecule has 4 aromatic carbocycles. The van der Waals surface area contributed by atoms with E-state index in [1.807, 2.05) is 71.3 Å². The lowest BCUT2D eigenvalue weighted by atomic mass is 9.89. The Hall–Kier alpha value is -4.09. The van der Waals surface area contributed by atoms with Crippen molar-refractivity contribution < 1.29 is 14.3 Å². The fraction of sp³-hybridized carbons (Fsp3) is 0.161. The van der Waals surface area contributed by atoms with Crippen molar-refractivity contribution in [3.63, 3.8) is 0 Å². The van der Waals surface area contributed by atoms with Crippen LogP contribution in [0.25, 0.3) is 0 Å². The first kappa shape index (κ1) is 24.6. The smallest absolute Gasteiger partial charge is 0.258 e. The number of fused-ring (bicyclic) bond motifs is 1. The third-order valence-electron chi connectivity index (χ3n) is 6.77. The van der Waals surface area contributed by atoms with Crippen molar-refractivity contribution in [2.45, 2.75) is 25.4 Å². The van der Waals surface area contributed by atoms with Gasteiger partial charge in [-0.3, -0.25) is 9.59 Å². The Kier molecular flexibility index (Phi) is 6.97. The van der Waals surface area contributed by atoms with Gasteiger partial charge >= 0.3 is 0 Å². The second-order valence-electron chi connectivity index (χ2n) is 9.08. The molecule has 4 aromatic rings. The van der Waals surface area contributed by atoms with Crippen LogP contribution in [-0.2, 0) is 0 Å². The van der Waals surface area contributed by atoms with Crippen molar-refractivity contribution in [2.75, 3.05) is 16.9 Å². The molecule has 5 nitrogen and oxygen atoms in total. The van der Waals surface area contributed by atoms with Crippen LogP contribution in [-0.4, -0.2) is 25.0 Å². The van der Waals surface area contributed by atoms with Crippen molar-refractivity contribution in [1.82, 2.24) is 0 Å². The number of carbonyl (C=O) groups excluding carboxylic acids is 2. The number of para-hydroxylation sites is 2. The lowest BCUT2D eigenvalue weighted by Crippen LogP contribution is -2.47. The van der Waals surface area contributed by atoms with Crippen molar-refractivity contribution in [3.05, 3.63) is 125 Å². The van der Waals surface area contributed by atoms with Gasteiger partial charge in [0, 0.05) is 33.6 Å². The quantitative estimate of drug-likeness (QED) is 0.286. The summed E-state index contributed by atoms with van der Waals surface area (Å²) in [4.78, 5) is 31.3. The third-order valence-corrected chi connectivity index (χ3v) is 7.02. The van der Waals surface area contributed by atoms with E-state index in [1.54, 1.807) is 55.6 Å². The van der Waals surface area contributed by atoms with Gasteiger partial charge in [-0.05, 0) is 85.6 Å². The summed E-state index contributed by atoms with van der Waals surface area (Å²) in [7, 11) is 1.60. The van der Waals surface area contributed by atoms with Crippen molar-refractivity contribution in [3.8, 4) is 5.75 Å². The molecule has 1 aliphatic heterocycles. The Morgan fingerprint density at radius 1 is 0.838 bits per heavy atom. The molecule has 0 bridgehead atoms. The first-order valence-electron chi connectivity index (χ1n) is 12.2. The molecule has 2 atom stereocenters. The Bertz CT molecular complexity index is 1400. The molecule has 1 aliphatic rings. The van der Waals surface area contributed by atoms with Gasteiger partial charge in [0.1, 0.15) is 5.75 Å². The van der Waals surface area contributed by atoms with Crippen LogP contribution in [0.15, 0.2) is 103 Å². The minimum atomic E-state index is -0.266. The van der Waals surface area contributed by atoms with Gasteiger partial charge in [0.15, 0.2) is 0 Å². The van der Waals surface area contributed by atoms with Crippen molar-refractivity contribution >= 4 is 34.8 Å². The summed E-state index contributed by atoms with van der Waals surface area (Å²) in [6.07, 6.45) is 0.577. The van der Waals surface area contributed by atoms with Gasteiger partial charge in [-0.1, -0.05) is 48.0 Å². The first-order valence-corrected chi connectivity index (χ1v) is 12.6. The standard InChI is InChI=1S/C31H27ClN2O3/c1-21-20-29(27-10-6-7-11-28(27)33(21)30(35)22-12-16-24(32)17-13-22)34(25-8-4-3-5-9-25)31(36)23-14-18-26(37-2)19-15-23/h3-19,21,29H,20H2,1-2H3/t21-,29+/m0/s1. The van der Waals surface area contributed by atoms with Gasteiger partial charge in [-0.25, -0.2) is 0 Å². The van der Waals surface area contributed by atoms with E-state index in [1.165, 1.54) is 0 Å². The summed E-state index contributed by atoms with van der Waals surface area (Å²) >= 11 is 6.05. The van der Waals surface area contributed by atoms with E-state index in [0.29, 0.717) is 28.3 Å². The van der Waals surface area contributed by atoms with Crippen molar-refractivity contribution in [2.24, 2.45) is 0 Å². The number of anilines is 2. The van der Waals surface area contributed by atoms with Gasteiger partial charge < -0.3 is 14.5 Å². The minimum Gasteiger partial charge on any atom is -0.497 e. The molecule has 1 heterocycles. The molecule has 5 rings (SSSR count). The van der Waals surface area contributed by atoms with E-state index < -0.39 is 0 Å². The zero-order chi connectivity index (χ0) is 25.9. The second-order valence-corrected chi connectivity index (χ2v) is 9.52. The molecule has 0 unspecified atom stereocenters. The van der Waals surface area contributed by atoms with Gasteiger partial charge in [0.2, 0.25) is 0 Å². The molecule has 0 aliphatic carbocycles. The Morgan fingerprint density at radius 3 is 2.14 bits per heavy atom. The number of ether oxygens (including phenoxy) is 1. The minimum absolute atomic E-state index is 0.0946. The summed E-state index contributed by atoms with van der Waals surface area (Å²) in [6.45, 7) is 2.03. The Labute approximate surface area is 221 Å². The highest BCUT2D eigenvalue weighted by molar-refractivity contribution is 6.30. The van der Waals surface area contributed by atoms with Crippen LogP contribution in [0.1, 0.15) is 45.7 Å². The van der Waals surface area contributed by atoms with E-state index in [2.05, 4.69) is 0 Å². The number of amides is 2. The van der Waals surface area contributed by atoms with Crippen LogP contribution < -0.4 is 14.5 Å². The number of hydrogen-bond donors (Lipinski definition) is 0. The highest BCUT2D eigenvalue weighted by Gasteiger charge is 2.39. The van der Waals surface area contributed by atoms with E-state index in [-0.39, 0.29) is 23.9 Å². The lowest BCUT2D eigenvalue weighted by molar-refractivity contribution is 0.0965. The number of hydrogen-bond acceptors (Lipinski definition) is 3. The molecule has 0 radical (unpaired) electrons. The van der Waals surface area contributed by atoms with Crippen LogP contribution in [0.4, 0.5) is 11.4 Å². The molecule has 186 valence electrons. The van der Waals surface area contributed by atoms with Gasteiger partial charge in [0.25, 0.3) is 11.8 Å². The van der Waals surface area contributed by atoms with Crippen LogP contribution in [0, 0.1) is 0 Å². The predicted molar refractivity (Wildman–Crippen MR) is 148 cm³/mol. The van der Waals surface area contributed by atoms with Crippen LogP contribution in [0.3, 0.4) is 0 Å². The molecular formula is C31H27ClN2O3. The summed E-state index contributed by atoms with van der Waals surface area (Å²) in [5.41, 5.74) is 3.66. The molecule has 0 spiro atoms. The normalized spacial score (nSPS) is 16.6. The summed E-state index contributed by atoms with van der Waals surface area (Å²) in [5, 5.41) is 0.583. The van der Waals surface area contributed by atoms with Crippen molar-refractivity contribution in [1.29, 1.82) is 0 Å². The summed E-state index contributed by atoms with van der Waals surface area (Å²) in [5.74, 6) is 0.483. The average Bonchev–Trinajstić information content (AvgIpc) is 2.94. The SMILES string of the molecule is COc1ccc(C(=O)N(c2ccccc2)[C@@H]2C[C@H](C)N(C(=O)c3ccc(Cl)cc3)c3ccccc32)cc1. The fourth-order valence-electron chi connectivity index (χ4n) is 4.97. The molecule has 0 saturated carbocycles. The maximum Gasteiger partial charge on any atom is 0.258 e. The lowest BCUT2D eigenvalue weighted by Gasteiger charge is -2.43. The molecular weight excluding hydrogens is 484 g/mol. The number of carbonyl (C=O) groups is 2. The summed E-state index contributed by atoms with van der Waals surface area (Å²) < 4.78 is 5.28. The van der Waals surface area contributed by atoms with Crippen LogP contribution >= 0.6 is 11.6 Å². The zero-order valence-corrected chi connectivity index (χ0v) is 21.4. The number of nitrogens with zero attached hydrogens (tertiary/aromatic N) is 2. The molecule has 0 saturated heterocycles. The Morgan fingerprint density at radius 2 is 1.46 bits per heavy atom. The van der Waals surface area contributed by atoms with E-state index in [4.69, 9.17) is 16.3 Å². The molecule has 0 aromatic heterocycles. The maximum atomic E-state index is 14.0. The zero-order valence-electron chi connectivity index (χ0n) is 20.7. The van der Waals surface area contributed by atoms with E-state index in [9.17, 15) is 9.59 Å². The molecule has 6 heteroatoms. The monoisotopic (exact) mass is 510 g/mol. The average molecular weight is 511 g/mol. The maximum absolute atomic E-state index is 14.0. The van der Waals surface area contributed by atoms with Gasteiger partial charge in [0.05, 0.1) is 13.2 Å². The van der Waals surface area contributed by atoms with Gasteiger partial charge in [-0.15, -0.1) is 0 Å². The van der Waals surface area contributed by atoms with Crippen LogP contribution in [0.5, 0.6) is 5.75 Å². The molecule has 0 fully saturated rings. The fourth-order valence-corrected chi connectivity index (χ4v) is 5.09. The first-order chi connectivity index (χ1) is 18.0. The highest BCUT2D eigenvalue weighted by Crippen LogP contribution is 2.43. The number of benzene rings is 4. The number of halogens is 1. The second kappa shape index (κ2) is 10.5. The predicted octanol–water partition coefficient (Wildman–Crippen LogP) is 7.18. The largest absolute Gasteiger partial charge is 0.497 e. The highest BCUT2D eigenvalue weighted by atomic mass is 35.5. The van der Waals surface area contributed by atoms with Crippen LogP contribution in [0.2, 0.25) is 5.02 Å². The van der Waals surface area contributed by atoms with E-state index >= 15 is 0 Å². The Balaban J connectivity index is 1.58. The molecule has 2 amide bonds. The van der Waals surface area contributed by atoms with Gasteiger partial charge in [-0.2, -0.15) is 0 Å². The topological polar surface area (TPSA) is 49.9 Å². The molecule has 37 heavy (non-hydrogen) atoms. The number of rotatable bonds is 5. The third kappa shape index (κ3) is 4.83. The van der Waals surface area contributed by atoms with E-state index in [0.717, 1.165) is 16.9 Å². The summed E-state index contributed by atoms with van der Waals surface area (Å²) in [6, 6.07) is 31.2. The molecule has 0 N–H and O–H groups in total.